The summed E-state index contributed by atoms with van der Waals surface area (Å²) in [4.78, 5) is 22.5. The maximum absolute atomic E-state index is 12.0. The molecule has 2 rings (SSSR count). The maximum atomic E-state index is 12.0. The van der Waals surface area contributed by atoms with E-state index in [0.29, 0.717) is 5.56 Å². The molecule has 0 aliphatic carbocycles. The number of carbonyl (C=O) groups is 1. The van der Waals surface area contributed by atoms with Crippen LogP contribution < -0.4 is 10.2 Å². The normalized spacial score (nSPS) is 11.8. The van der Waals surface area contributed by atoms with Gasteiger partial charge in [0, 0.05) is 38.2 Å². The zero-order valence-electron chi connectivity index (χ0n) is 14.0. The Kier molecular flexibility index (Phi) is 6.09. The van der Waals surface area contributed by atoms with E-state index in [0.717, 1.165) is 25.2 Å². The van der Waals surface area contributed by atoms with Gasteiger partial charge in [0.2, 0.25) is 0 Å². The molecule has 5 nitrogen and oxygen atoms in total. The predicted octanol–water partition coefficient (Wildman–Crippen LogP) is 2.68. The first-order valence-corrected chi connectivity index (χ1v) is 7.97. The average molecular weight is 312 g/mol. The number of pyridine rings is 2. The minimum atomic E-state index is -0.0714. The minimum Gasteiger partial charge on any atom is -0.359 e. The molecule has 1 N–H and O–H groups in total. The Balaban J connectivity index is 1.92. The van der Waals surface area contributed by atoms with Crippen LogP contribution in [0.15, 0.2) is 42.9 Å². The van der Waals surface area contributed by atoms with Crippen molar-refractivity contribution in [2.45, 2.75) is 32.7 Å². The first-order chi connectivity index (χ1) is 11.1. The highest BCUT2D eigenvalue weighted by atomic mass is 16.1. The number of nitrogens with zero attached hydrogens (tertiary/aromatic N) is 3. The number of anilines is 1. The molecular weight excluding hydrogens is 288 g/mol. The van der Waals surface area contributed by atoms with Crippen molar-refractivity contribution in [1.82, 2.24) is 15.3 Å². The Morgan fingerprint density at radius 2 is 2.00 bits per heavy atom. The van der Waals surface area contributed by atoms with Crippen molar-refractivity contribution in [2.75, 3.05) is 18.5 Å². The van der Waals surface area contributed by atoms with E-state index in [1.807, 2.05) is 45.2 Å². The van der Waals surface area contributed by atoms with Crippen molar-refractivity contribution in [2.24, 2.45) is 0 Å². The minimum absolute atomic E-state index is 0.0714. The van der Waals surface area contributed by atoms with Crippen LogP contribution in [0.5, 0.6) is 0 Å². The summed E-state index contributed by atoms with van der Waals surface area (Å²) in [7, 11) is 2.00. The topological polar surface area (TPSA) is 58.1 Å². The second-order valence-electron chi connectivity index (χ2n) is 5.71. The maximum Gasteiger partial charge on any atom is 0.253 e. The highest BCUT2D eigenvalue weighted by molar-refractivity contribution is 5.94. The Hall–Kier alpha value is -2.43. The molecule has 0 saturated carbocycles. The van der Waals surface area contributed by atoms with Crippen LogP contribution in [0.3, 0.4) is 0 Å². The van der Waals surface area contributed by atoms with E-state index in [1.165, 1.54) is 5.56 Å². The molecule has 23 heavy (non-hydrogen) atoms. The molecule has 1 amide bonds. The fraction of sp³-hybridized carbons (Fsp3) is 0.389. The lowest BCUT2D eigenvalue weighted by Gasteiger charge is -2.18. The Labute approximate surface area is 137 Å². The van der Waals surface area contributed by atoms with Gasteiger partial charge in [-0.05, 0) is 49.6 Å². The largest absolute Gasteiger partial charge is 0.359 e. The van der Waals surface area contributed by atoms with Crippen LogP contribution in [0.25, 0.3) is 0 Å². The van der Waals surface area contributed by atoms with Gasteiger partial charge in [-0.15, -0.1) is 0 Å². The third kappa shape index (κ3) is 5.06. The van der Waals surface area contributed by atoms with Gasteiger partial charge in [-0.25, -0.2) is 4.98 Å². The summed E-state index contributed by atoms with van der Waals surface area (Å²) in [5, 5.41) is 2.94. The molecule has 1 unspecified atom stereocenters. The van der Waals surface area contributed by atoms with E-state index in [4.69, 9.17) is 0 Å². The molecule has 5 heteroatoms. The van der Waals surface area contributed by atoms with Crippen LogP contribution in [0.2, 0.25) is 0 Å². The second kappa shape index (κ2) is 8.27. The molecule has 2 aromatic rings. The van der Waals surface area contributed by atoms with Gasteiger partial charge < -0.3 is 10.2 Å². The summed E-state index contributed by atoms with van der Waals surface area (Å²) >= 11 is 0. The quantitative estimate of drug-likeness (QED) is 0.854. The van der Waals surface area contributed by atoms with Crippen molar-refractivity contribution in [1.29, 1.82) is 0 Å². The van der Waals surface area contributed by atoms with Gasteiger partial charge in [0.1, 0.15) is 5.82 Å². The van der Waals surface area contributed by atoms with Crippen LogP contribution in [-0.2, 0) is 6.42 Å². The van der Waals surface area contributed by atoms with Gasteiger partial charge in [0.25, 0.3) is 5.91 Å². The SMILES string of the molecule is CCC(C)NC(=O)c1ccc(N(C)CCc2ccncc2)nc1. The third-order valence-corrected chi connectivity index (χ3v) is 3.88. The molecule has 2 heterocycles. The summed E-state index contributed by atoms with van der Waals surface area (Å²) in [6.07, 6.45) is 7.08. The standard InChI is InChI=1S/C18H24N4O/c1-4-14(2)21-18(23)16-5-6-17(20-13-16)22(3)12-9-15-7-10-19-11-8-15/h5-8,10-11,13-14H,4,9,12H2,1-3H3,(H,21,23). The molecule has 0 aliphatic rings. The van der Waals surface area contributed by atoms with Gasteiger partial charge in [-0.2, -0.15) is 0 Å². The predicted molar refractivity (Wildman–Crippen MR) is 92.7 cm³/mol. The summed E-state index contributed by atoms with van der Waals surface area (Å²) in [5.74, 6) is 0.789. The van der Waals surface area contributed by atoms with Crippen molar-refractivity contribution >= 4 is 11.7 Å². The Morgan fingerprint density at radius 3 is 2.61 bits per heavy atom. The zero-order valence-corrected chi connectivity index (χ0v) is 14.0. The van der Waals surface area contributed by atoms with Crippen molar-refractivity contribution in [3.05, 3.63) is 54.0 Å². The van der Waals surface area contributed by atoms with Crippen LogP contribution >= 0.6 is 0 Å². The molecule has 122 valence electrons. The monoisotopic (exact) mass is 312 g/mol. The number of nitrogens with one attached hydrogen (secondary N) is 1. The van der Waals surface area contributed by atoms with Gasteiger partial charge >= 0.3 is 0 Å². The molecule has 0 saturated heterocycles. The average Bonchev–Trinajstić information content (AvgIpc) is 2.60. The van der Waals surface area contributed by atoms with Gasteiger partial charge in [0.15, 0.2) is 0 Å². The molecular formula is C18H24N4O. The van der Waals surface area contributed by atoms with Crippen molar-refractivity contribution in [3.63, 3.8) is 0 Å². The van der Waals surface area contributed by atoms with Gasteiger partial charge in [0.05, 0.1) is 5.56 Å². The fourth-order valence-electron chi connectivity index (χ4n) is 2.12. The molecule has 0 spiro atoms. The van der Waals surface area contributed by atoms with Crippen LogP contribution in [0.4, 0.5) is 5.82 Å². The van der Waals surface area contributed by atoms with E-state index in [9.17, 15) is 4.79 Å². The first kappa shape index (κ1) is 16.9. The summed E-state index contributed by atoms with van der Waals surface area (Å²) in [6.45, 7) is 4.89. The third-order valence-electron chi connectivity index (χ3n) is 3.88. The van der Waals surface area contributed by atoms with E-state index >= 15 is 0 Å². The van der Waals surface area contributed by atoms with Gasteiger partial charge in [-0.1, -0.05) is 6.92 Å². The number of carbonyl (C=O) groups excluding carboxylic acids is 1. The molecule has 0 aliphatic heterocycles. The first-order valence-electron chi connectivity index (χ1n) is 7.97. The van der Waals surface area contributed by atoms with E-state index in [-0.39, 0.29) is 11.9 Å². The molecule has 1 atom stereocenters. The molecule has 2 aromatic heterocycles. The lowest BCUT2D eigenvalue weighted by atomic mass is 10.2. The molecule has 0 aromatic carbocycles. The number of hydrogen-bond donors (Lipinski definition) is 1. The highest BCUT2D eigenvalue weighted by Gasteiger charge is 2.10. The van der Waals surface area contributed by atoms with E-state index < -0.39 is 0 Å². The summed E-state index contributed by atoms with van der Waals surface area (Å²) in [5.41, 5.74) is 1.84. The number of aromatic nitrogens is 2. The van der Waals surface area contributed by atoms with Crippen LogP contribution in [0.1, 0.15) is 36.2 Å². The smallest absolute Gasteiger partial charge is 0.253 e. The highest BCUT2D eigenvalue weighted by Crippen LogP contribution is 2.11. The fourth-order valence-corrected chi connectivity index (χ4v) is 2.12. The molecule has 0 bridgehead atoms. The summed E-state index contributed by atoms with van der Waals surface area (Å²) in [6, 6.07) is 7.92. The number of likely N-dealkylation sites (N-methyl/N-ethyl adjacent to an activating group) is 1. The number of hydrogen-bond acceptors (Lipinski definition) is 4. The second-order valence-corrected chi connectivity index (χ2v) is 5.71. The molecule has 0 radical (unpaired) electrons. The summed E-state index contributed by atoms with van der Waals surface area (Å²) < 4.78 is 0. The van der Waals surface area contributed by atoms with E-state index in [1.54, 1.807) is 18.6 Å². The van der Waals surface area contributed by atoms with Gasteiger partial charge in [-0.3, -0.25) is 9.78 Å². The van der Waals surface area contributed by atoms with E-state index in [2.05, 4.69) is 20.2 Å². The van der Waals surface area contributed by atoms with Crippen LogP contribution in [-0.4, -0.2) is 35.5 Å². The Bertz CT molecular complexity index is 613. The molecule has 0 fully saturated rings. The van der Waals surface area contributed by atoms with Crippen molar-refractivity contribution < 1.29 is 4.79 Å². The van der Waals surface area contributed by atoms with Crippen molar-refractivity contribution in [3.8, 4) is 0 Å². The number of rotatable bonds is 7. The lowest BCUT2D eigenvalue weighted by molar-refractivity contribution is 0.0939. The zero-order chi connectivity index (χ0) is 16.7. The Morgan fingerprint density at radius 1 is 1.26 bits per heavy atom. The van der Waals surface area contributed by atoms with Crippen LogP contribution in [0, 0.1) is 0 Å². The lowest BCUT2D eigenvalue weighted by Crippen LogP contribution is -2.32. The number of amides is 1.